The van der Waals surface area contributed by atoms with Crippen molar-refractivity contribution in [3.05, 3.63) is 0 Å². The maximum Gasteiger partial charge on any atom is 0.307 e. The zero-order chi connectivity index (χ0) is 15.0. The number of piperidine rings is 1. The molecular formula is C17H27NO3. The number of carbonyl (C=O) groups is 2. The van der Waals surface area contributed by atoms with Gasteiger partial charge in [-0.25, -0.2) is 0 Å². The van der Waals surface area contributed by atoms with Crippen LogP contribution in [0.3, 0.4) is 0 Å². The van der Waals surface area contributed by atoms with Gasteiger partial charge in [0, 0.05) is 12.6 Å². The Kier molecular flexibility index (Phi) is 4.23. The minimum Gasteiger partial charge on any atom is -0.481 e. The van der Waals surface area contributed by atoms with Gasteiger partial charge in [0.05, 0.1) is 11.8 Å². The topological polar surface area (TPSA) is 57.6 Å². The van der Waals surface area contributed by atoms with Gasteiger partial charge in [0.2, 0.25) is 5.91 Å². The first-order valence-electron chi connectivity index (χ1n) is 8.61. The molecule has 3 fully saturated rings. The number of likely N-dealkylation sites (tertiary alicyclic amines) is 1. The molecule has 1 saturated heterocycles. The Morgan fingerprint density at radius 2 is 1.67 bits per heavy atom. The van der Waals surface area contributed by atoms with Gasteiger partial charge >= 0.3 is 5.97 Å². The summed E-state index contributed by atoms with van der Waals surface area (Å²) in [4.78, 5) is 26.5. The summed E-state index contributed by atoms with van der Waals surface area (Å²) in [7, 11) is 0. The van der Waals surface area contributed by atoms with E-state index in [1.54, 1.807) is 0 Å². The molecule has 1 unspecified atom stereocenters. The van der Waals surface area contributed by atoms with E-state index in [0.29, 0.717) is 24.3 Å². The highest BCUT2D eigenvalue weighted by atomic mass is 16.4. The van der Waals surface area contributed by atoms with Gasteiger partial charge in [0.1, 0.15) is 0 Å². The molecule has 3 rings (SSSR count). The van der Waals surface area contributed by atoms with Crippen LogP contribution in [0.2, 0.25) is 0 Å². The van der Waals surface area contributed by atoms with Gasteiger partial charge in [-0.3, -0.25) is 9.59 Å². The number of aliphatic carboxylic acids is 1. The van der Waals surface area contributed by atoms with Crippen molar-refractivity contribution in [3.8, 4) is 0 Å². The number of amides is 1. The van der Waals surface area contributed by atoms with Gasteiger partial charge in [0.15, 0.2) is 0 Å². The van der Waals surface area contributed by atoms with Crippen LogP contribution in [0.15, 0.2) is 0 Å². The van der Waals surface area contributed by atoms with E-state index < -0.39 is 11.9 Å². The first kappa shape index (κ1) is 14.9. The standard InChI is InChI=1S/C17H27NO3/c1-11-9-13(14(10-11)17(20)21)16(19)18-8-4-6-12-5-2-3-7-15(12)18/h11-15H,2-10H2,1H3,(H,20,21)/t11?,12-,13+,14-,15-/m1/s1. The number of carbonyl (C=O) groups excluding carboxylic acids is 1. The molecule has 2 aliphatic carbocycles. The highest BCUT2D eigenvalue weighted by molar-refractivity contribution is 5.85. The average Bonchev–Trinajstić information content (AvgIpc) is 2.88. The van der Waals surface area contributed by atoms with Crippen LogP contribution in [0.5, 0.6) is 0 Å². The summed E-state index contributed by atoms with van der Waals surface area (Å²) in [6.07, 6.45) is 8.63. The van der Waals surface area contributed by atoms with E-state index in [2.05, 4.69) is 11.8 Å². The van der Waals surface area contributed by atoms with Crippen molar-refractivity contribution in [2.45, 2.75) is 64.3 Å². The number of carboxylic acids is 1. The van der Waals surface area contributed by atoms with Gasteiger partial charge in [0.25, 0.3) is 0 Å². The van der Waals surface area contributed by atoms with Crippen molar-refractivity contribution < 1.29 is 14.7 Å². The van der Waals surface area contributed by atoms with E-state index in [1.165, 1.54) is 25.7 Å². The predicted octanol–water partition coefficient (Wildman–Crippen LogP) is 2.91. The molecule has 5 atom stereocenters. The zero-order valence-electron chi connectivity index (χ0n) is 13.0. The summed E-state index contributed by atoms with van der Waals surface area (Å²) in [5, 5.41) is 9.41. The fraction of sp³-hybridized carbons (Fsp3) is 0.882. The second-order valence-electron chi connectivity index (χ2n) is 7.41. The second kappa shape index (κ2) is 5.98. The Labute approximate surface area is 126 Å². The molecule has 4 nitrogen and oxygen atoms in total. The number of hydrogen-bond acceptors (Lipinski definition) is 2. The smallest absolute Gasteiger partial charge is 0.307 e. The predicted molar refractivity (Wildman–Crippen MR) is 79.7 cm³/mol. The Bertz CT molecular complexity index is 420. The van der Waals surface area contributed by atoms with Crippen molar-refractivity contribution in [1.82, 2.24) is 4.90 Å². The third-order valence-electron chi connectivity index (χ3n) is 5.96. The number of carboxylic acid groups (broad SMARTS) is 1. The number of nitrogens with zero attached hydrogens (tertiary/aromatic N) is 1. The fourth-order valence-electron chi connectivity index (χ4n) is 4.95. The summed E-state index contributed by atoms with van der Waals surface area (Å²) in [5.74, 6) is -0.363. The fourth-order valence-corrected chi connectivity index (χ4v) is 4.95. The Morgan fingerprint density at radius 3 is 2.43 bits per heavy atom. The quantitative estimate of drug-likeness (QED) is 0.851. The average molecular weight is 293 g/mol. The minimum atomic E-state index is -0.782. The Morgan fingerprint density at radius 1 is 1.00 bits per heavy atom. The van der Waals surface area contributed by atoms with Gasteiger partial charge in [-0.15, -0.1) is 0 Å². The first-order chi connectivity index (χ1) is 10.1. The van der Waals surface area contributed by atoms with E-state index in [4.69, 9.17) is 0 Å². The van der Waals surface area contributed by atoms with Gasteiger partial charge in [-0.2, -0.15) is 0 Å². The monoisotopic (exact) mass is 293 g/mol. The highest BCUT2D eigenvalue weighted by Gasteiger charge is 2.45. The van der Waals surface area contributed by atoms with Crippen LogP contribution in [-0.2, 0) is 9.59 Å². The molecule has 21 heavy (non-hydrogen) atoms. The molecule has 1 heterocycles. The maximum atomic E-state index is 13.0. The molecule has 2 saturated carbocycles. The number of rotatable bonds is 2. The van der Waals surface area contributed by atoms with Crippen LogP contribution in [0.1, 0.15) is 58.3 Å². The molecule has 118 valence electrons. The van der Waals surface area contributed by atoms with Gasteiger partial charge < -0.3 is 10.0 Å². The van der Waals surface area contributed by atoms with E-state index in [0.717, 1.165) is 25.8 Å². The lowest BCUT2D eigenvalue weighted by molar-refractivity contribution is -0.152. The maximum absolute atomic E-state index is 13.0. The largest absolute Gasteiger partial charge is 0.481 e. The van der Waals surface area contributed by atoms with Gasteiger partial charge in [-0.05, 0) is 50.4 Å². The third-order valence-corrected chi connectivity index (χ3v) is 5.96. The van der Waals surface area contributed by atoms with Crippen molar-refractivity contribution in [2.75, 3.05) is 6.54 Å². The van der Waals surface area contributed by atoms with Crippen LogP contribution in [0, 0.1) is 23.7 Å². The van der Waals surface area contributed by atoms with Crippen molar-refractivity contribution in [2.24, 2.45) is 23.7 Å². The van der Waals surface area contributed by atoms with Gasteiger partial charge in [-0.1, -0.05) is 19.8 Å². The number of hydrogen-bond donors (Lipinski definition) is 1. The SMILES string of the molecule is CC1C[C@H](C(=O)N2CCC[C@H]3CCCC[C@H]32)[C@H](C(=O)O)C1. The van der Waals surface area contributed by atoms with Crippen LogP contribution in [0.25, 0.3) is 0 Å². The molecule has 3 aliphatic rings. The summed E-state index contributed by atoms with van der Waals surface area (Å²) in [6, 6.07) is 0.394. The molecule has 1 amide bonds. The molecule has 1 aliphatic heterocycles. The molecule has 4 heteroatoms. The Balaban J connectivity index is 1.75. The molecule has 0 radical (unpaired) electrons. The molecule has 0 aromatic rings. The highest BCUT2D eigenvalue weighted by Crippen LogP contribution is 2.41. The lowest BCUT2D eigenvalue weighted by Gasteiger charge is -2.45. The third kappa shape index (κ3) is 2.82. The Hall–Kier alpha value is -1.06. The van der Waals surface area contributed by atoms with Crippen LogP contribution >= 0.6 is 0 Å². The first-order valence-corrected chi connectivity index (χ1v) is 8.61. The molecule has 0 aromatic heterocycles. The van der Waals surface area contributed by atoms with Crippen LogP contribution < -0.4 is 0 Å². The van der Waals surface area contributed by atoms with Crippen LogP contribution in [0.4, 0.5) is 0 Å². The van der Waals surface area contributed by atoms with Crippen molar-refractivity contribution >= 4 is 11.9 Å². The molecular weight excluding hydrogens is 266 g/mol. The molecule has 1 N–H and O–H groups in total. The summed E-state index contributed by atoms with van der Waals surface area (Å²) in [5.41, 5.74) is 0. The normalized spacial score (nSPS) is 39.9. The zero-order valence-corrected chi connectivity index (χ0v) is 13.0. The van der Waals surface area contributed by atoms with Crippen molar-refractivity contribution in [3.63, 3.8) is 0 Å². The number of fused-ring (bicyclic) bond motifs is 1. The van der Waals surface area contributed by atoms with Crippen molar-refractivity contribution in [1.29, 1.82) is 0 Å². The van der Waals surface area contributed by atoms with E-state index in [-0.39, 0.29) is 11.8 Å². The van der Waals surface area contributed by atoms with E-state index >= 15 is 0 Å². The summed E-state index contributed by atoms with van der Waals surface area (Å²) < 4.78 is 0. The van der Waals surface area contributed by atoms with E-state index in [1.807, 2.05) is 0 Å². The lowest BCUT2D eigenvalue weighted by atomic mass is 9.77. The molecule has 0 bridgehead atoms. The molecule has 0 spiro atoms. The van der Waals surface area contributed by atoms with E-state index in [9.17, 15) is 14.7 Å². The summed E-state index contributed by atoms with van der Waals surface area (Å²) in [6.45, 7) is 2.92. The second-order valence-corrected chi connectivity index (χ2v) is 7.41. The minimum absolute atomic E-state index is 0.142. The van der Waals surface area contributed by atoms with Crippen LogP contribution in [-0.4, -0.2) is 34.5 Å². The molecule has 0 aromatic carbocycles. The lowest BCUT2D eigenvalue weighted by Crippen LogP contribution is -2.52. The summed E-state index contributed by atoms with van der Waals surface area (Å²) >= 11 is 0.